The standard InChI is InChI=1S/C14H24N2O3/c1-12(10-18-2)19-11-14(17)9-16-7-5-13-4-3-6-15-8-13/h3-4,6,8,12,14,16-17H,5,7,9-11H2,1-2H3. The Balaban J connectivity index is 2.02. The van der Waals surface area contributed by atoms with Gasteiger partial charge in [0.25, 0.3) is 0 Å². The first-order valence-corrected chi connectivity index (χ1v) is 6.60. The van der Waals surface area contributed by atoms with Crippen molar-refractivity contribution < 1.29 is 14.6 Å². The van der Waals surface area contributed by atoms with Gasteiger partial charge in [-0.05, 0) is 31.5 Å². The van der Waals surface area contributed by atoms with Crippen molar-refractivity contribution in [3.63, 3.8) is 0 Å². The molecular weight excluding hydrogens is 244 g/mol. The van der Waals surface area contributed by atoms with Crippen LogP contribution in [0.3, 0.4) is 0 Å². The van der Waals surface area contributed by atoms with Gasteiger partial charge in [-0.2, -0.15) is 0 Å². The summed E-state index contributed by atoms with van der Waals surface area (Å²) in [7, 11) is 1.64. The molecule has 1 heterocycles. The minimum absolute atomic E-state index is 0.00930. The summed E-state index contributed by atoms with van der Waals surface area (Å²) in [4.78, 5) is 4.06. The molecule has 19 heavy (non-hydrogen) atoms. The summed E-state index contributed by atoms with van der Waals surface area (Å²) >= 11 is 0. The van der Waals surface area contributed by atoms with E-state index >= 15 is 0 Å². The molecule has 5 nitrogen and oxygen atoms in total. The average Bonchev–Trinajstić information content (AvgIpc) is 2.43. The number of aromatic nitrogens is 1. The molecule has 2 atom stereocenters. The van der Waals surface area contributed by atoms with E-state index in [9.17, 15) is 5.11 Å². The third-order valence-corrected chi connectivity index (χ3v) is 2.67. The van der Waals surface area contributed by atoms with Crippen LogP contribution in [-0.4, -0.2) is 55.7 Å². The zero-order valence-corrected chi connectivity index (χ0v) is 11.7. The molecule has 1 rings (SSSR count). The summed E-state index contributed by atoms with van der Waals surface area (Å²) in [6.07, 6.45) is 4.04. The maximum absolute atomic E-state index is 9.72. The molecule has 0 aliphatic carbocycles. The highest BCUT2D eigenvalue weighted by atomic mass is 16.5. The van der Waals surface area contributed by atoms with Gasteiger partial charge in [-0.1, -0.05) is 6.07 Å². The topological polar surface area (TPSA) is 63.6 Å². The molecule has 0 spiro atoms. The SMILES string of the molecule is COCC(C)OCC(O)CNCCc1cccnc1. The molecule has 2 N–H and O–H groups in total. The van der Waals surface area contributed by atoms with Crippen molar-refractivity contribution in [3.8, 4) is 0 Å². The Kier molecular flexibility index (Phi) is 8.33. The van der Waals surface area contributed by atoms with Gasteiger partial charge < -0.3 is 19.9 Å². The smallest absolute Gasteiger partial charge is 0.0897 e. The van der Waals surface area contributed by atoms with Crippen LogP contribution >= 0.6 is 0 Å². The highest BCUT2D eigenvalue weighted by molar-refractivity contribution is 5.08. The fraction of sp³-hybridized carbons (Fsp3) is 0.643. The lowest BCUT2D eigenvalue weighted by Crippen LogP contribution is -2.33. The maximum Gasteiger partial charge on any atom is 0.0897 e. The van der Waals surface area contributed by atoms with Crippen LogP contribution in [0.4, 0.5) is 0 Å². The van der Waals surface area contributed by atoms with Crippen LogP contribution in [0.1, 0.15) is 12.5 Å². The highest BCUT2D eigenvalue weighted by Crippen LogP contribution is 1.96. The molecule has 0 aliphatic heterocycles. The summed E-state index contributed by atoms with van der Waals surface area (Å²) in [5, 5.41) is 12.9. The first-order valence-electron chi connectivity index (χ1n) is 6.60. The molecule has 108 valence electrons. The minimum Gasteiger partial charge on any atom is -0.389 e. The maximum atomic E-state index is 9.72. The Morgan fingerprint density at radius 1 is 1.42 bits per heavy atom. The average molecular weight is 268 g/mol. The molecule has 5 heteroatoms. The van der Waals surface area contributed by atoms with Crippen molar-refractivity contribution >= 4 is 0 Å². The van der Waals surface area contributed by atoms with E-state index in [-0.39, 0.29) is 6.10 Å². The third kappa shape index (κ3) is 7.89. The molecule has 0 radical (unpaired) electrons. The van der Waals surface area contributed by atoms with Crippen molar-refractivity contribution in [2.75, 3.05) is 33.4 Å². The number of rotatable bonds is 10. The molecular formula is C14H24N2O3. The van der Waals surface area contributed by atoms with Crippen molar-refractivity contribution in [1.82, 2.24) is 10.3 Å². The fourth-order valence-corrected chi connectivity index (χ4v) is 1.66. The number of aliphatic hydroxyl groups excluding tert-OH is 1. The van der Waals surface area contributed by atoms with Gasteiger partial charge >= 0.3 is 0 Å². The zero-order valence-electron chi connectivity index (χ0n) is 11.7. The monoisotopic (exact) mass is 268 g/mol. The van der Waals surface area contributed by atoms with E-state index in [1.54, 1.807) is 13.3 Å². The molecule has 1 aromatic heterocycles. The van der Waals surface area contributed by atoms with E-state index in [0.717, 1.165) is 13.0 Å². The molecule has 0 amide bonds. The van der Waals surface area contributed by atoms with E-state index in [1.807, 2.05) is 25.3 Å². The fourth-order valence-electron chi connectivity index (χ4n) is 1.66. The third-order valence-electron chi connectivity index (χ3n) is 2.67. The van der Waals surface area contributed by atoms with Crippen LogP contribution in [0.15, 0.2) is 24.5 Å². The predicted octanol–water partition coefficient (Wildman–Crippen LogP) is 0.626. The molecule has 0 aromatic carbocycles. The minimum atomic E-state index is -0.492. The van der Waals surface area contributed by atoms with Crippen molar-refractivity contribution in [2.45, 2.75) is 25.6 Å². The molecule has 0 bridgehead atoms. The number of nitrogens with one attached hydrogen (secondary N) is 1. The van der Waals surface area contributed by atoms with E-state index in [2.05, 4.69) is 10.3 Å². The summed E-state index contributed by atoms with van der Waals surface area (Å²) in [5.41, 5.74) is 1.19. The Labute approximate surface area is 115 Å². The zero-order chi connectivity index (χ0) is 13.9. The predicted molar refractivity (Wildman–Crippen MR) is 74.1 cm³/mol. The summed E-state index contributed by atoms with van der Waals surface area (Å²) < 4.78 is 10.4. The van der Waals surface area contributed by atoms with E-state index in [0.29, 0.717) is 19.8 Å². The van der Waals surface area contributed by atoms with Gasteiger partial charge in [0.05, 0.1) is 25.4 Å². The number of aliphatic hydroxyl groups is 1. The van der Waals surface area contributed by atoms with Gasteiger partial charge in [-0.25, -0.2) is 0 Å². The van der Waals surface area contributed by atoms with Crippen LogP contribution in [0, 0.1) is 0 Å². The second-order valence-electron chi connectivity index (χ2n) is 4.57. The van der Waals surface area contributed by atoms with E-state index in [1.165, 1.54) is 5.56 Å². The van der Waals surface area contributed by atoms with Crippen molar-refractivity contribution in [2.24, 2.45) is 0 Å². The van der Waals surface area contributed by atoms with Crippen molar-refractivity contribution in [1.29, 1.82) is 0 Å². The summed E-state index contributed by atoms with van der Waals surface area (Å²) in [5.74, 6) is 0. The number of methoxy groups -OCH3 is 1. The molecule has 0 aliphatic rings. The van der Waals surface area contributed by atoms with Gasteiger partial charge in [0, 0.05) is 26.0 Å². The van der Waals surface area contributed by atoms with E-state index in [4.69, 9.17) is 9.47 Å². The van der Waals surface area contributed by atoms with Gasteiger partial charge in [0.15, 0.2) is 0 Å². The number of hydrogen-bond donors (Lipinski definition) is 2. The normalized spacial score (nSPS) is 14.3. The largest absolute Gasteiger partial charge is 0.389 e. The Bertz CT molecular complexity index is 322. The highest BCUT2D eigenvalue weighted by Gasteiger charge is 2.07. The first-order chi connectivity index (χ1) is 9.22. The Morgan fingerprint density at radius 3 is 2.95 bits per heavy atom. The lowest BCUT2D eigenvalue weighted by atomic mass is 10.2. The first kappa shape index (κ1) is 16.0. The van der Waals surface area contributed by atoms with Crippen molar-refractivity contribution in [3.05, 3.63) is 30.1 Å². The van der Waals surface area contributed by atoms with Gasteiger partial charge in [0.1, 0.15) is 0 Å². The number of pyridine rings is 1. The van der Waals surface area contributed by atoms with Crippen LogP contribution in [0.2, 0.25) is 0 Å². The number of hydrogen-bond acceptors (Lipinski definition) is 5. The summed E-state index contributed by atoms with van der Waals surface area (Å²) in [6.45, 7) is 4.13. The number of nitrogens with zero attached hydrogens (tertiary/aromatic N) is 1. The molecule has 0 saturated heterocycles. The van der Waals surface area contributed by atoms with Crippen LogP contribution in [0.25, 0.3) is 0 Å². The lowest BCUT2D eigenvalue weighted by Gasteiger charge is -2.16. The van der Waals surface area contributed by atoms with Gasteiger partial charge in [-0.3, -0.25) is 4.98 Å². The Hall–Kier alpha value is -1.01. The number of ether oxygens (including phenoxy) is 2. The second kappa shape index (κ2) is 9.86. The molecule has 1 aromatic rings. The van der Waals surface area contributed by atoms with Gasteiger partial charge in [0.2, 0.25) is 0 Å². The second-order valence-corrected chi connectivity index (χ2v) is 4.57. The molecule has 0 fully saturated rings. The summed E-state index contributed by atoms with van der Waals surface area (Å²) in [6, 6.07) is 3.97. The van der Waals surface area contributed by atoms with E-state index < -0.39 is 6.10 Å². The van der Waals surface area contributed by atoms with Crippen LogP contribution < -0.4 is 5.32 Å². The lowest BCUT2D eigenvalue weighted by molar-refractivity contribution is -0.0310. The van der Waals surface area contributed by atoms with Crippen LogP contribution in [0.5, 0.6) is 0 Å². The Morgan fingerprint density at radius 2 is 2.26 bits per heavy atom. The molecule has 2 unspecified atom stereocenters. The van der Waals surface area contributed by atoms with Crippen LogP contribution in [-0.2, 0) is 15.9 Å². The molecule has 0 saturated carbocycles. The quantitative estimate of drug-likeness (QED) is 0.609. The van der Waals surface area contributed by atoms with Gasteiger partial charge in [-0.15, -0.1) is 0 Å².